The Labute approximate surface area is 150 Å². The smallest absolute Gasteiger partial charge is 0.402 e. The summed E-state index contributed by atoms with van der Waals surface area (Å²) >= 11 is 11.8. The van der Waals surface area contributed by atoms with Crippen molar-refractivity contribution in [2.24, 2.45) is 4.99 Å². The van der Waals surface area contributed by atoms with Gasteiger partial charge in [0.05, 0.1) is 16.1 Å². The number of carbonyl (C=O) groups excluding carboxylic acids is 1. The minimum atomic E-state index is -4.48. The number of esters is 1. The molecular formula is C17H8Cl2F3NO2. The molecule has 2 aromatic carbocycles. The largest absolute Gasteiger partial charge is 0.416 e. The Morgan fingerprint density at radius 2 is 1.84 bits per heavy atom. The molecular weight excluding hydrogens is 378 g/mol. The van der Waals surface area contributed by atoms with Gasteiger partial charge < -0.3 is 4.74 Å². The van der Waals surface area contributed by atoms with E-state index >= 15 is 0 Å². The molecule has 0 atom stereocenters. The van der Waals surface area contributed by atoms with Gasteiger partial charge >= 0.3 is 12.1 Å². The monoisotopic (exact) mass is 385 g/mol. The second-order valence-corrected chi connectivity index (χ2v) is 5.93. The molecule has 0 fully saturated rings. The highest BCUT2D eigenvalue weighted by Crippen LogP contribution is 2.31. The quantitative estimate of drug-likeness (QED) is 0.515. The number of carbonyl (C=O) groups is 1. The average molecular weight is 386 g/mol. The first-order chi connectivity index (χ1) is 11.7. The van der Waals surface area contributed by atoms with Crippen LogP contribution < -0.4 is 0 Å². The summed E-state index contributed by atoms with van der Waals surface area (Å²) in [5.41, 5.74) is -0.417. The van der Waals surface area contributed by atoms with Gasteiger partial charge in [-0.2, -0.15) is 13.2 Å². The van der Waals surface area contributed by atoms with Crippen LogP contribution in [0.4, 0.5) is 13.2 Å². The first-order valence-electron chi connectivity index (χ1n) is 6.89. The molecule has 0 unspecified atom stereocenters. The van der Waals surface area contributed by atoms with Gasteiger partial charge in [0.1, 0.15) is 0 Å². The number of cyclic esters (lactones) is 1. The topological polar surface area (TPSA) is 38.7 Å². The van der Waals surface area contributed by atoms with E-state index in [1.807, 2.05) is 0 Å². The van der Waals surface area contributed by atoms with Gasteiger partial charge in [0.15, 0.2) is 5.70 Å². The summed E-state index contributed by atoms with van der Waals surface area (Å²) in [4.78, 5) is 15.9. The van der Waals surface area contributed by atoms with Crippen molar-refractivity contribution in [3.05, 3.63) is 74.9 Å². The lowest BCUT2D eigenvalue weighted by Crippen LogP contribution is -2.06. The summed E-state index contributed by atoms with van der Waals surface area (Å²) in [6.45, 7) is 0. The predicted molar refractivity (Wildman–Crippen MR) is 88.5 cm³/mol. The molecule has 8 heteroatoms. The standard InChI is InChI=1S/C17H8Cl2F3NO2/c18-11-4-5-12(13(19)8-11)15-23-14(16(24)25-15)7-9-2-1-3-10(6-9)17(20,21)22/h1-8H. The number of benzene rings is 2. The summed E-state index contributed by atoms with van der Waals surface area (Å²) in [6, 6.07) is 9.08. The van der Waals surface area contributed by atoms with Gasteiger partial charge in [-0.05, 0) is 42.0 Å². The number of aliphatic imine (C=N–C) groups is 1. The second-order valence-electron chi connectivity index (χ2n) is 5.08. The van der Waals surface area contributed by atoms with E-state index in [0.717, 1.165) is 12.1 Å². The third kappa shape index (κ3) is 3.86. The molecule has 0 spiro atoms. The van der Waals surface area contributed by atoms with Crippen LogP contribution in [-0.2, 0) is 15.7 Å². The van der Waals surface area contributed by atoms with Crippen molar-refractivity contribution >= 4 is 41.1 Å². The Hall–Kier alpha value is -2.31. The number of alkyl halides is 3. The van der Waals surface area contributed by atoms with E-state index < -0.39 is 17.7 Å². The van der Waals surface area contributed by atoms with Gasteiger partial charge in [0.2, 0.25) is 5.90 Å². The zero-order valence-corrected chi connectivity index (χ0v) is 13.8. The maximum atomic E-state index is 12.8. The van der Waals surface area contributed by atoms with E-state index in [-0.39, 0.29) is 22.2 Å². The highest BCUT2D eigenvalue weighted by molar-refractivity contribution is 6.37. The average Bonchev–Trinajstić information content (AvgIpc) is 2.87. The van der Waals surface area contributed by atoms with Crippen molar-refractivity contribution in [2.45, 2.75) is 6.18 Å². The van der Waals surface area contributed by atoms with Gasteiger partial charge in [-0.1, -0.05) is 35.3 Å². The van der Waals surface area contributed by atoms with Gasteiger partial charge in [0, 0.05) is 5.02 Å². The maximum Gasteiger partial charge on any atom is 0.416 e. The van der Waals surface area contributed by atoms with Crippen molar-refractivity contribution in [3.63, 3.8) is 0 Å². The predicted octanol–water partition coefficient (Wildman–Crippen LogP) is 5.36. The highest BCUT2D eigenvalue weighted by atomic mass is 35.5. The summed E-state index contributed by atoms with van der Waals surface area (Å²) in [6.07, 6.45) is -3.26. The van der Waals surface area contributed by atoms with E-state index in [2.05, 4.69) is 4.99 Å². The zero-order valence-electron chi connectivity index (χ0n) is 12.3. The van der Waals surface area contributed by atoms with Gasteiger partial charge in [0.25, 0.3) is 0 Å². The molecule has 3 nitrogen and oxygen atoms in total. The number of nitrogens with zero attached hydrogens (tertiary/aromatic N) is 1. The molecule has 25 heavy (non-hydrogen) atoms. The third-order valence-corrected chi connectivity index (χ3v) is 3.85. The number of halogens is 5. The first kappa shape index (κ1) is 17.5. The van der Waals surface area contributed by atoms with Crippen molar-refractivity contribution in [1.82, 2.24) is 0 Å². The van der Waals surface area contributed by atoms with Crippen LogP contribution in [0.3, 0.4) is 0 Å². The fraction of sp³-hybridized carbons (Fsp3) is 0.0588. The minimum Gasteiger partial charge on any atom is -0.402 e. The van der Waals surface area contributed by atoms with Crippen LogP contribution >= 0.6 is 23.2 Å². The third-order valence-electron chi connectivity index (χ3n) is 3.30. The molecule has 0 radical (unpaired) electrons. The Kier molecular flexibility index (Phi) is 4.58. The summed E-state index contributed by atoms with van der Waals surface area (Å²) in [7, 11) is 0. The molecule has 0 N–H and O–H groups in total. The molecule has 0 aromatic heterocycles. The Bertz CT molecular complexity index is 920. The van der Waals surface area contributed by atoms with Gasteiger partial charge in [-0.25, -0.2) is 9.79 Å². The maximum absolute atomic E-state index is 12.8. The summed E-state index contributed by atoms with van der Waals surface area (Å²) in [5, 5.41) is 0.637. The molecule has 0 saturated heterocycles. The van der Waals surface area contributed by atoms with E-state index in [0.29, 0.717) is 10.6 Å². The second kappa shape index (κ2) is 6.54. The molecule has 128 valence electrons. The lowest BCUT2D eigenvalue weighted by atomic mass is 10.1. The minimum absolute atomic E-state index is 0.0371. The number of ether oxygens (including phenoxy) is 1. The van der Waals surface area contributed by atoms with E-state index in [9.17, 15) is 18.0 Å². The van der Waals surface area contributed by atoms with Crippen molar-refractivity contribution in [2.75, 3.05) is 0 Å². The summed E-state index contributed by atoms with van der Waals surface area (Å²) in [5.74, 6) is -0.816. The molecule has 3 rings (SSSR count). The van der Waals surface area contributed by atoms with Crippen molar-refractivity contribution in [3.8, 4) is 0 Å². The Balaban J connectivity index is 1.96. The molecule has 0 amide bonds. The summed E-state index contributed by atoms with van der Waals surface area (Å²) < 4.78 is 43.3. The van der Waals surface area contributed by atoms with Gasteiger partial charge in [-0.3, -0.25) is 0 Å². The molecule has 2 aromatic rings. The lowest BCUT2D eigenvalue weighted by molar-refractivity contribution is -0.137. The van der Waals surface area contributed by atoms with Crippen LogP contribution in [-0.4, -0.2) is 11.9 Å². The van der Waals surface area contributed by atoms with Crippen LogP contribution in [0.2, 0.25) is 10.0 Å². The number of rotatable bonds is 2. The first-order valence-corrected chi connectivity index (χ1v) is 7.65. The molecule has 0 aliphatic carbocycles. The SMILES string of the molecule is O=C1OC(c2ccc(Cl)cc2Cl)=NC1=Cc1cccc(C(F)(F)F)c1. The van der Waals surface area contributed by atoms with Crippen LogP contribution in [0.1, 0.15) is 16.7 Å². The van der Waals surface area contributed by atoms with Crippen LogP contribution in [0.25, 0.3) is 6.08 Å². The van der Waals surface area contributed by atoms with E-state index in [4.69, 9.17) is 27.9 Å². The molecule has 0 bridgehead atoms. The fourth-order valence-corrected chi connectivity index (χ4v) is 2.64. The molecule has 1 aliphatic heterocycles. The van der Waals surface area contributed by atoms with E-state index in [1.54, 1.807) is 6.07 Å². The highest BCUT2D eigenvalue weighted by Gasteiger charge is 2.30. The van der Waals surface area contributed by atoms with E-state index in [1.165, 1.54) is 30.3 Å². The molecule has 1 aliphatic rings. The zero-order chi connectivity index (χ0) is 18.2. The van der Waals surface area contributed by atoms with Crippen LogP contribution in [0.5, 0.6) is 0 Å². The van der Waals surface area contributed by atoms with Crippen LogP contribution in [0.15, 0.2) is 53.2 Å². The molecule has 0 saturated carbocycles. The van der Waals surface area contributed by atoms with Crippen molar-refractivity contribution < 1.29 is 22.7 Å². The van der Waals surface area contributed by atoms with Crippen molar-refractivity contribution in [1.29, 1.82) is 0 Å². The number of hydrogen-bond acceptors (Lipinski definition) is 3. The Morgan fingerprint density at radius 1 is 1.08 bits per heavy atom. The normalized spacial score (nSPS) is 16.1. The molecule has 1 heterocycles. The fourth-order valence-electron chi connectivity index (χ4n) is 2.15. The van der Waals surface area contributed by atoms with Crippen LogP contribution in [0, 0.1) is 0 Å². The lowest BCUT2D eigenvalue weighted by Gasteiger charge is -2.06. The number of hydrogen-bond donors (Lipinski definition) is 0. The van der Waals surface area contributed by atoms with Gasteiger partial charge in [-0.15, -0.1) is 0 Å². The Morgan fingerprint density at radius 3 is 2.52 bits per heavy atom.